The number of hydrogen-bond acceptors (Lipinski definition) is 3. The van der Waals surface area contributed by atoms with Crippen LogP contribution in [0, 0.1) is 5.92 Å². The summed E-state index contributed by atoms with van der Waals surface area (Å²) in [5.74, 6) is 0.682. The fourth-order valence-electron chi connectivity index (χ4n) is 2.35. The molecule has 0 spiro atoms. The molecule has 1 aromatic rings. The van der Waals surface area contributed by atoms with Gasteiger partial charge in [-0.15, -0.1) is 0 Å². The van der Waals surface area contributed by atoms with Gasteiger partial charge >= 0.3 is 0 Å². The summed E-state index contributed by atoms with van der Waals surface area (Å²) in [7, 11) is 1.74. The summed E-state index contributed by atoms with van der Waals surface area (Å²) in [4.78, 5) is 0. The normalized spacial score (nSPS) is 23.9. The van der Waals surface area contributed by atoms with Crippen LogP contribution in [0.5, 0.6) is 0 Å². The molecule has 1 aromatic carbocycles. The zero-order valence-corrected chi connectivity index (χ0v) is 10.8. The molecule has 3 nitrogen and oxygen atoms in total. The molecule has 98 valence electrons. The highest BCUT2D eigenvalue weighted by Crippen LogP contribution is 2.44. The Kier molecular flexibility index (Phi) is 3.64. The molecule has 0 amide bonds. The van der Waals surface area contributed by atoms with Gasteiger partial charge in [0.2, 0.25) is 0 Å². The zero-order chi connectivity index (χ0) is 12.4. The molecule has 0 N–H and O–H groups in total. The molecule has 0 bridgehead atoms. The summed E-state index contributed by atoms with van der Waals surface area (Å²) in [5, 5.41) is 0. The summed E-state index contributed by atoms with van der Waals surface area (Å²) in [6.07, 6.45) is 3.11. The largest absolute Gasteiger partial charge is 0.380 e. The van der Waals surface area contributed by atoms with Gasteiger partial charge in [0.25, 0.3) is 0 Å². The predicted molar refractivity (Wildman–Crippen MR) is 68.3 cm³/mol. The Morgan fingerprint density at radius 2 is 2.11 bits per heavy atom. The highest BCUT2D eigenvalue weighted by molar-refractivity contribution is 5.30. The molecule has 3 rings (SSSR count). The van der Waals surface area contributed by atoms with Gasteiger partial charge in [0.05, 0.1) is 25.9 Å². The van der Waals surface area contributed by atoms with E-state index in [2.05, 4.69) is 24.3 Å². The van der Waals surface area contributed by atoms with Crippen molar-refractivity contribution in [3.63, 3.8) is 0 Å². The molecule has 1 saturated carbocycles. The Balaban J connectivity index is 1.74. The lowest BCUT2D eigenvalue weighted by molar-refractivity contribution is 0.0259. The summed E-state index contributed by atoms with van der Waals surface area (Å²) >= 11 is 0. The number of ether oxygens (including phenoxy) is 3. The Bertz CT molecular complexity index is 396. The van der Waals surface area contributed by atoms with Crippen molar-refractivity contribution in [3.8, 4) is 0 Å². The molecule has 2 atom stereocenters. The number of benzene rings is 1. The van der Waals surface area contributed by atoms with Gasteiger partial charge in [-0.2, -0.15) is 0 Å². The van der Waals surface area contributed by atoms with Crippen LogP contribution in [0.15, 0.2) is 24.3 Å². The van der Waals surface area contributed by atoms with Gasteiger partial charge in [-0.1, -0.05) is 24.3 Å². The van der Waals surface area contributed by atoms with E-state index in [4.69, 9.17) is 14.2 Å². The third-order valence-corrected chi connectivity index (χ3v) is 3.58. The lowest BCUT2D eigenvalue weighted by Crippen LogP contribution is -2.13. The molecular weight excluding hydrogens is 228 g/mol. The van der Waals surface area contributed by atoms with E-state index >= 15 is 0 Å². The first-order chi connectivity index (χ1) is 8.88. The Morgan fingerprint density at radius 1 is 1.33 bits per heavy atom. The van der Waals surface area contributed by atoms with E-state index in [-0.39, 0.29) is 6.10 Å². The lowest BCUT2D eigenvalue weighted by Gasteiger charge is -2.20. The van der Waals surface area contributed by atoms with Gasteiger partial charge in [0, 0.05) is 7.11 Å². The van der Waals surface area contributed by atoms with Crippen molar-refractivity contribution < 1.29 is 14.2 Å². The Hall–Kier alpha value is -0.900. The topological polar surface area (TPSA) is 31.0 Å². The van der Waals surface area contributed by atoms with Crippen molar-refractivity contribution in [3.05, 3.63) is 35.4 Å². The average Bonchev–Trinajstić information content (AvgIpc) is 3.26. The molecule has 0 aromatic heterocycles. The maximum absolute atomic E-state index is 6.08. The average molecular weight is 248 g/mol. The van der Waals surface area contributed by atoms with Crippen LogP contribution in [0.1, 0.15) is 30.1 Å². The van der Waals surface area contributed by atoms with E-state index in [0.717, 1.165) is 13.2 Å². The quantitative estimate of drug-likeness (QED) is 0.695. The molecule has 1 saturated heterocycles. The second kappa shape index (κ2) is 5.39. The van der Waals surface area contributed by atoms with E-state index in [1.807, 2.05) is 0 Å². The SMILES string of the molecule is COCc1ccccc1C(OC[C@H]1CO1)C1CC1. The van der Waals surface area contributed by atoms with E-state index in [1.165, 1.54) is 24.0 Å². The molecule has 0 radical (unpaired) electrons. The smallest absolute Gasteiger partial charge is 0.104 e. The summed E-state index contributed by atoms with van der Waals surface area (Å²) in [6.45, 7) is 2.24. The summed E-state index contributed by atoms with van der Waals surface area (Å²) in [6, 6.07) is 8.45. The number of epoxide rings is 1. The number of rotatable bonds is 7. The minimum Gasteiger partial charge on any atom is -0.380 e. The van der Waals surface area contributed by atoms with E-state index < -0.39 is 0 Å². The molecule has 1 aliphatic heterocycles. The van der Waals surface area contributed by atoms with E-state index in [0.29, 0.717) is 18.6 Å². The first kappa shape index (κ1) is 12.2. The van der Waals surface area contributed by atoms with Gasteiger partial charge in [-0.3, -0.25) is 0 Å². The van der Waals surface area contributed by atoms with Crippen LogP contribution in [-0.2, 0) is 20.8 Å². The van der Waals surface area contributed by atoms with Gasteiger partial charge in [0.15, 0.2) is 0 Å². The second-order valence-electron chi connectivity index (χ2n) is 5.18. The molecule has 3 heteroatoms. The van der Waals surface area contributed by atoms with Crippen LogP contribution in [-0.4, -0.2) is 26.4 Å². The second-order valence-corrected chi connectivity index (χ2v) is 5.18. The van der Waals surface area contributed by atoms with Crippen LogP contribution in [0.2, 0.25) is 0 Å². The zero-order valence-electron chi connectivity index (χ0n) is 10.8. The molecular formula is C15H20O3. The van der Waals surface area contributed by atoms with Crippen LogP contribution in [0.4, 0.5) is 0 Å². The minimum absolute atomic E-state index is 0.223. The monoisotopic (exact) mass is 248 g/mol. The van der Waals surface area contributed by atoms with Crippen molar-refractivity contribution in [2.45, 2.75) is 31.7 Å². The van der Waals surface area contributed by atoms with E-state index in [1.54, 1.807) is 7.11 Å². The van der Waals surface area contributed by atoms with Crippen molar-refractivity contribution in [2.24, 2.45) is 5.92 Å². The summed E-state index contributed by atoms with van der Waals surface area (Å²) < 4.78 is 16.6. The molecule has 2 aliphatic rings. The highest BCUT2D eigenvalue weighted by Gasteiger charge is 2.35. The van der Waals surface area contributed by atoms with Crippen LogP contribution in [0.25, 0.3) is 0 Å². The third kappa shape index (κ3) is 2.91. The minimum atomic E-state index is 0.223. The van der Waals surface area contributed by atoms with Crippen molar-refractivity contribution in [1.29, 1.82) is 0 Å². The molecule has 2 fully saturated rings. The molecule has 1 aliphatic carbocycles. The first-order valence-corrected chi connectivity index (χ1v) is 6.68. The van der Waals surface area contributed by atoms with Crippen LogP contribution in [0.3, 0.4) is 0 Å². The molecule has 1 heterocycles. The van der Waals surface area contributed by atoms with Gasteiger partial charge in [-0.25, -0.2) is 0 Å². The Labute approximate surface area is 108 Å². The standard InChI is InChI=1S/C15H20O3/c1-16-8-12-4-2-3-5-14(12)15(11-6-7-11)18-10-13-9-17-13/h2-5,11,13,15H,6-10H2,1H3/t13-,15?/m1/s1. The maximum atomic E-state index is 6.08. The Morgan fingerprint density at radius 3 is 2.78 bits per heavy atom. The van der Waals surface area contributed by atoms with Crippen molar-refractivity contribution in [2.75, 3.05) is 20.3 Å². The van der Waals surface area contributed by atoms with E-state index in [9.17, 15) is 0 Å². The van der Waals surface area contributed by atoms with Crippen molar-refractivity contribution in [1.82, 2.24) is 0 Å². The first-order valence-electron chi connectivity index (χ1n) is 6.68. The third-order valence-electron chi connectivity index (χ3n) is 3.58. The highest BCUT2D eigenvalue weighted by atomic mass is 16.6. The van der Waals surface area contributed by atoms with Gasteiger partial charge in [-0.05, 0) is 29.9 Å². The van der Waals surface area contributed by atoms with Gasteiger partial charge in [0.1, 0.15) is 6.10 Å². The van der Waals surface area contributed by atoms with Crippen molar-refractivity contribution >= 4 is 0 Å². The van der Waals surface area contributed by atoms with Crippen LogP contribution < -0.4 is 0 Å². The summed E-state index contributed by atoms with van der Waals surface area (Å²) in [5.41, 5.74) is 2.54. The predicted octanol–water partition coefficient (Wildman–Crippen LogP) is 2.70. The fourth-order valence-corrected chi connectivity index (χ4v) is 2.35. The van der Waals surface area contributed by atoms with Crippen LogP contribution >= 0.6 is 0 Å². The number of methoxy groups -OCH3 is 1. The molecule has 18 heavy (non-hydrogen) atoms. The number of hydrogen-bond donors (Lipinski definition) is 0. The fraction of sp³-hybridized carbons (Fsp3) is 0.600. The maximum Gasteiger partial charge on any atom is 0.104 e. The van der Waals surface area contributed by atoms with Gasteiger partial charge < -0.3 is 14.2 Å². The lowest BCUT2D eigenvalue weighted by atomic mass is 9.99. The molecule has 1 unspecified atom stereocenters.